The van der Waals surface area contributed by atoms with Crippen molar-refractivity contribution in [3.05, 3.63) is 45.5 Å². The summed E-state index contributed by atoms with van der Waals surface area (Å²) in [6.07, 6.45) is 0. The van der Waals surface area contributed by atoms with Gasteiger partial charge in [0.15, 0.2) is 0 Å². The van der Waals surface area contributed by atoms with Crippen molar-refractivity contribution < 1.29 is 4.39 Å². The van der Waals surface area contributed by atoms with Crippen LogP contribution < -0.4 is 5.32 Å². The minimum absolute atomic E-state index is 0.482. The van der Waals surface area contributed by atoms with Gasteiger partial charge in [0.1, 0.15) is 5.82 Å². The van der Waals surface area contributed by atoms with E-state index in [1.165, 1.54) is 6.07 Å². The number of thiophene rings is 1. The fourth-order valence-electron chi connectivity index (χ4n) is 1.13. The zero-order valence-corrected chi connectivity index (χ0v) is 9.28. The average molecular weight is 243 g/mol. The monoisotopic (exact) mass is 242 g/mol. The van der Waals surface area contributed by atoms with Gasteiger partial charge in [0, 0.05) is 10.3 Å². The van der Waals surface area contributed by atoms with Crippen LogP contribution in [0, 0.1) is 5.95 Å². The van der Waals surface area contributed by atoms with E-state index in [4.69, 9.17) is 11.6 Å². The Morgan fingerprint density at radius 3 is 3.00 bits per heavy atom. The summed E-state index contributed by atoms with van der Waals surface area (Å²) in [4.78, 5) is 4.78. The normalized spacial score (nSPS) is 10.3. The summed E-state index contributed by atoms with van der Waals surface area (Å²) in [7, 11) is 0. The third-order valence-corrected chi connectivity index (χ3v) is 3.06. The van der Waals surface area contributed by atoms with Crippen molar-refractivity contribution in [2.24, 2.45) is 0 Å². The predicted molar refractivity (Wildman–Crippen MR) is 60.9 cm³/mol. The summed E-state index contributed by atoms with van der Waals surface area (Å²) in [6.45, 7) is 0.605. The Bertz CT molecular complexity index is 458. The highest BCUT2D eigenvalue weighted by Gasteiger charge is 1.99. The average Bonchev–Trinajstić information content (AvgIpc) is 2.62. The van der Waals surface area contributed by atoms with Gasteiger partial charge >= 0.3 is 0 Å². The second-order valence-corrected chi connectivity index (χ2v) is 4.36. The Hall–Kier alpha value is -1.13. The van der Waals surface area contributed by atoms with Gasteiger partial charge in [-0.1, -0.05) is 17.7 Å². The number of rotatable bonds is 3. The van der Waals surface area contributed by atoms with Crippen molar-refractivity contribution in [3.63, 3.8) is 0 Å². The van der Waals surface area contributed by atoms with Gasteiger partial charge in [-0.15, -0.1) is 11.3 Å². The molecule has 0 radical (unpaired) electrons. The molecule has 0 aromatic carbocycles. The van der Waals surface area contributed by atoms with E-state index in [1.807, 2.05) is 11.4 Å². The van der Waals surface area contributed by atoms with E-state index in [0.29, 0.717) is 12.4 Å². The first-order valence-corrected chi connectivity index (χ1v) is 5.59. The molecule has 0 amide bonds. The standard InChI is InChI=1S/C10H8ClFN2S/c11-7-4-8(15-6-7)5-13-10-3-1-2-9(12)14-10/h1-4,6H,5H2,(H,13,14). The minimum Gasteiger partial charge on any atom is -0.365 e. The Morgan fingerprint density at radius 2 is 2.33 bits per heavy atom. The van der Waals surface area contributed by atoms with Crippen molar-refractivity contribution in [1.82, 2.24) is 4.98 Å². The van der Waals surface area contributed by atoms with E-state index >= 15 is 0 Å². The zero-order valence-electron chi connectivity index (χ0n) is 7.71. The Morgan fingerprint density at radius 1 is 1.47 bits per heavy atom. The smallest absolute Gasteiger partial charge is 0.214 e. The van der Waals surface area contributed by atoms with Gasteiger partial charge in [-0.25, -0.2) is 4.98 Å². The molecule has 2 aromatic heterocycles. The molecule has 0 saturated heterocycles. The fraction of sp³-hybridized carbons (Fsp3) is 0.100. The topological polar surface area (TPSA) is 24.9 Å². The Balaban J connectivity index is 1.99. The number of anilines is 1. The molecule has 0 aliphatic rings. The molecule has 0 atom stereocenters. The largest absolute Gasteiger partial charge is 0.365 e. The maximum Gasteiger partial charge on any atom is 0.214 e. The first-order valence-electron chi connectivity index (χ1n) is 4.33. The number of nitrogens with zero attached hydrogens (tertiary/aromatic N) is 1. The molecule has 0 saturated carbocycles. The number of halogens is 2. The highest BCUT2D eigenvalue weighted by molar-refractivity contribution is 7.10. The highest BCUT2D eigenvalue weighted by atomic mass is 35.5. The fourth-order valence-corrected chi connectivity index (χ4v) is 2.14. The first kappa shape index (κ1) is 10.4. The van der Waals surface area contributed by atoms with E-state index in [9.17, 15) is 4.39 Å². The molecule has 0 fully saturated rings. The number of pyridine rings is 1. The van der Waals surface area contributed by atoms with Crippen LogP contribution >= 0.6 is 22.9 Å². The molecule has 78 valence electrons. The van der Waals surface area contributed by atoms with Crippen LogP contribution in [0.2, 0.25) is 5.02 Å². The molecule has 2 rings (SSSR count). The first-order chi connectivity index (χ1) is 7.24. The molecule has 2 nitrogen and oxygen atoms in total. The molecule has 0 aliphatic carbocycles. The molecule has 0 spiro atoms. The summed E-state index contributed by atoms with van der Waals surface area (Å²) < 4.78 is 12.7. The van der Waals surface area contributed by atoms with Crippen LogP contribution in [0.5, 0.6) is 0 Å². The quantitative estimate of drug-likeness (QED) is 0.833. The van der Waals surface area contributed by atoms with Crippen molar-refractivity contribution in [3.8, 4) is 0 Å². The molecule has 0 aliphatic heterocycles. The van der Waals surface area contributed by atoms with Gasteiger partial charge in [0.2, 0.25) is 5.95 Å². The summed E-state index contributed by atoms with van der Waals surface area (Å²) in [6, 6.07) is 6.52. The molecule has 15 heavy (non-hydrogen) atoms. The summed E-state index contributed by atoms with van der Waals surface area (Å²) in [5.74, 6) is 0.0451. The van der Waals surface area contributed by atoms with Crippen molar-refractivity contribution in [2.75, 3.05) is 5.32 Å². The lowest BCUT2D eigenvalue weighted by molar-refractivity contribution is 0.585. The molecule has 1 N–H and O–H groups in total. The molecular formula is C10H8ClFN2S. The molecule has 2 heterocycles. The number of hydrogen-bond donors (Lipinski definition) is 1. The summed E-state index contributed by atoms with van der Waals surface area (Å²) >= 11 is 7.33. The second-order valence-electron chi connectivity index (χ2n) is 2.93. The Kier molecular flexibility index (Phi) is 3.18. The number of aromatic nitrogens is 1. The van der Waals surface area contributed by atoms with Crippen molar-refractivity contribution in [1.29, 1.82) is 0 Å². The predicted octanol–water partition coefficient (Wildman–Crippen LogP) is 3.55. The third kappa shape index (κ3) is 2.91. The molecule has 0 bridgehead atoms. The van der Waals surface area contributed by atoms with E-state index in [-0.39, 0.29) is 0 Å². The van der Waals surface area contributed by atoms with Crippen molar-refractivity contribution >= 4 is 28.8 Å². The molecule has 0 unspecified atom stereocenters. The highest BCUT2D eigenvalue weighted by Crippen LogP contribution is 2.19. The van der Waals surface area contributed by atoms with E-state index in [1.54, 1.807) is 23.5 Å². The number of hydrogen-bond acceptors (Lipinski definition) is 3. The Labute approximate surface area is 95.7 Å². The van der Waals surface area contributed by atoms with E-state index < -0.39 is 5.95 Å². The molecule has 5 heteroatoms. The van der Waals surface area contributed by atoms with E-state index in [2.05, 4.69) is 10.3 Å². The van der Waals surface area contributed by atoms with E-state index in [0.717, 1.165) is 9.90 Å². The molecule has 2 aromatic rings. The summed E-state index contributed by atoms with van der Waals surface area (Å²) in [5.41, 5.74) is 0. The molecular weight excluding hydrogens is 235 g/mol. The van der Waals surface area contributed by atoms with Crippen LogP contribution in [0.15, 0.2) is 29.6 Å². The second kappa shape index (κ2) is 4.59. The third-order valence-electron chi connectivity index (χ3n) is 1.78. The SMILES string of the molecule is Fc1cccc(NCc2cc(Cl)cs2)n1. The van der Waals surface area contributed by atoms with Crippen LogP contribution in [-0.4, -0.2) is 4.98 Å². The van der Waals surface area contributed by atoms with Crippen LogP contribution in [0.25, 0.3) is 0 Å². The van der Waals surface area contributed by atoms with Crippen LogP contribution in [0.1, 0.15) is 4.88 Å². The van der Waals surface area contributed by atoms with Gasteiger partial charge in [0.25, 0.3) is 0 Å². The summed E-state index contributed by atoms with van der Waals surface area (Å²) in [5, 5.41) is 5.60. The lowest BCUT2D eigenvalue weighted by Gasteiger charge is -2.02. The zero-order chi connectivity index (χ0) is 10.7. The van der Waals surface area contributed by atoms with Gasteiger partial charge in [-0.2, -0.15) is 4.39 Å². The lowest BCUT2D eigenvalue weighted by atomic mass is 10.4. The van der Waals surface area contributed by atoms with Gasteiger partial charge < -0.3 is 5.32 Å². The van der Waals surface area contributed by atoms with Crippen LogP contribution in [-0.2, 0) is 6.54 Å². The maximum atomic E-state index is 12.7. The van der Waals surface area contributed by atoms with Crippen LogP contribution in [0.3, 0.4) is 0 Å². The van der Waals surface area contributed by atoms with Gasteiger partial charge in [-0.3, -0.25) is 0 Å². The van der Waals surface area contributed by atoms with Gasteiger partial charge in [-0.05, 0) is 18.2 Å². The maximum absolute atomic E-state index is 12.7. The minimum atomic E-state index is -0.482. The van der Waals surface area contributed by atoms with Crippen LogP contribution in [0.4, 0.5) is 10.2 Å². The van der Waals surface area contributed by atoms with Crippen molar-refractivity contribution in [2.45, 2.75) is 6.54 Å². The lowest BCUT2D eigenvalue weighted by Crippen LogP contribution is -2.00. The number of nitrogens with one attached hydrogen (secondary N) is 1. The van der Waals surface area contributed by atoms with Gasteiger partial charge in [0.05, 0.1) is 11.6 Å².